The Labute approximate surface area is 124 Å². The van der Waals surface area contributed by atoms with Gasteiger partial charge in [0.05, 0.1) is 12.7 Å². The molecule has 1 N–H and O–H groups in total. The number of aromatic nitrogens is 4. The zero-order chi connectivity index (χ0) is 14.7. The van der Waals surface area contributed by atoms with Crippen LogP contribution in [-0.2, 0) is 0 Å². The Morgan fingerprint density at radius 3 is 2.70 bits per heavy atom. The first-order valence-electron chi connectivity index (χ1n) is 5.39. The normalized spacial score (nSPS) is 10.2. The average Bonchev–Trinajstić information content (AvgIpc) is 2.40. The van der Waals surface area contributed by atoms with Gasteiger partial charge in [0.15, 0.2) is 10.3 Å². The summed E-state index contributed by atoms with van der Waals surface area (Å²) < 4.78 is 4.99. The Balaban J connectivity index is 2.27. The Kier molecular flexibility index (Phi) is 4.31. The van der Waals surface area contributed by atoms with Crippen LogP contribution in [0.3, 0.4) is 0 Å². The minimum atomic E-state index is -0.542. The smallest absolute Gasteiger partial charge is 0.261 e. The predicted molar refractivity (Wildman–Crippen MR) is 73.3 cm³/mol. The number of methoxy groups -OCH3 is 1. The number of aryl methyl sites for hydroxylation is 1. The van der Waals surface area contributed by atoms with Crippen LogP contribution in [0.25, 0.3) is 0 Å². The molecule has 104 valence electrons. The summed E-state index contributed by atoms with van der Waals surface area (Å²) >= 11 is 11.5. The summed E-state index contributed by atoms with van der Waals surface area (Å²) in [5, 5.41) is 9.56. The van der Waals surface area contributed by atoms with Gasteiger partial charge in [-0.05, 0) is 13.0 Å². The summed E-state index contributed by atoms with van der Waals surface area (Å²) in [6, 6.07) is 2.94. The zero-order valence-corrected chi connectivity index (χ0v) is 12.0. The molecule has 0 unspecified atom stereocenters. The van der Waals surface area contributed by atoms with Crippen molar-refractivity contribution in [1.29, 1.82) is 0 Å². The minimum Gasteiger partial charge on any atom is -0.481 e. The van der Waals surface area contributed by atoms with Gasteiger partial charge >= 0.3 is 0 Å². The Bertz CT molecular complexity index is 665. The van der Waals surface area contributed by atoms with E-state index in [0.717, 1.165) is 0 Å². The molecule has 1 amide bonds. The van der Waals surface area contributed by atoms with E-state index in [1.807, 2.05) is 0 Å². The monoisotopic (exact) mass is 313 g/mol. The second-order valence-electron chi connectivity index (χ2n) is 3.70. The van der Waals surface area contributed by atoms with Gasteiger partial charge in [0, 0.05) is 11.8 Å². The van der Waals surface area contributed by atoms with Gasteiger partial charge in [-0.2, -0.15) is 4.98 Å². The number of nitrogens with one attached hydrogen (secondary N) is 1. The van der Waals surface area contributed by atoms with E-state index in [9.17, 15) is 4.79 Å². The lowest BCUT2D eigenvalue weighted by Gasteiger charge is -2.07. The standard InChI is InChI=1S/C11H9Cl2N5O2/c1-5-3-8(20-2)15-11(14-5)16-10(19)6-4-7(12)17-18-9(6)13/h3-4H,1-2H3,(H,14,15,16,19). The Morgan fingerprint density at radius 2 is 2.00 bits per heavy atom. The highest BCUT2D eigenvalue weighted by atomic mass is 35.5. The van der Waals surface area contributed by atoms with Crippen molar-refractivity contribution in [3.8, 4) is 5.88 Å². The van der Waals surface area contributed by atoms with Crippen LogP contribution in [0.5, 0.6) is 5.88 Å². The molecule has 2 aromatic heterocycles. The molecule has 0 spiro atoms. The maximum absolute atomic E-state index is 12.1. The SMILES string of the molecule is COc1cc(C)nc(NC(=O)c2cc(Cl)nnc2Cl)n1. The van der Waals surface area contributed by atoms with Crippen LogP contribution in [0.15, 0.2) is 12.1 Å². The van der Waals surface area contributed by atoms with Gasteiger partial charge in [-0.25, -0.2) is 4.98 Å². The molecule has 0 fully saturated rings. The fourth-order valence-electron chi connectivity index (χ4n) is 1.38. The number of nitrogens with zero attached hydrogens (tertiary/aromatic N) is 4. The van der Waals surface area contributed by atoms with E-state index in [-0.39, 0.29) is 21.8 Å². The molecule has 0 aliphatic rings. The first-order chi connectivity index (χ1) is 9.49. The van der Waals surface area contributed by atoms with Gasteiger partial charge in [0.25, 0.3) is 5.91 Å². The quantitative estimate of drug-likeness (QED) is 0.933. The van der Waals surface area contributed by atoms with Crippen molar-refractivity contribution >= 4 is 35.1 Å². The Hall–Kier alpha value is -1.99. The molecular formula is C11H9Cl2N5O2. The first-order valence-corrected chi connectivity index (χ1v) is 6.15. The highest BCUT2D eigenvalue weighted by Crippen LogP contribution is 2.17. The number of carbonyl (C=O) groups excluding carboxylic acids is 1. The third kappa shape index (κ3) is 3.31. The van der Waals surface area contributed by atoms with Crippen molar-refractivity contribution in [2.75, 3.05) is 12.4 Å². The fourth-order valence-corrected chi connectivity index (χ4v) is 1.71. The molecule has 0 bridgehead atoms. The van der Waals surface area contributed by atoms with Crippen LogP contribution in [0.2, 0.25) is 10.3 Å². The molecule has 2 heterocycles. The molecule has 0 radical (unpaired) electrons. The number of carbonyl (C=O) groups is 1. The third-order valence-electron chi connectivity index (χ3n) is 2.23. The average molecular weight is 314 g/mol. The molecule has 0 saturated heterocycles. The second-order valence-corrected chi connectivity index (χ2v) is 4.45. The number of hydrogen-bond acceptors (Lipinski definition) is 6. The van der Waals surface area contributed by atoms with Crippen LogP contribution < -0.4 is 10.1 Å². The van der Waals surface area contributed by atoms with Gasteiger partial charge in [0.2, 0.25) is 11.8 Å². The van der Waals surface area contributed by atoms with Crippen LogP contribution >= 0.6 is 23.2 Å². The van der Waals surface area contributed by atoms with Crippen molar-refractivity contribution in [1.82, 2.24) is 20.2 Å². The largest absolute Gasteiger partial charge is 0.481 e. The van der Waals surface area contributed by atoms with E-state index in [1.54, 1.807) is 13.0 Å². The Morgan fingerprint density at radius 1 is 1.25 bits per heavy atom. The zero-order valence-electron chi connectivity index (χ0n) is 10.5. The number of amides is 1. The van der Waals surface area contributed by atoms with Gasteiger partial charge in [0.1, 0.15) is 0 Å². The summed E-state index contributed by atoms with van der Waals surface area (Å²) in [4.78, 5) is 20.1. The van der Waals surface area contributed by atoms with Gasteiger partial charge < -0.3 is 4.74 Å². The maximum Gasteiger partial charge on any atom is 0.261 e. The summed E-state index contributed by atoms with van der Waals surface area (Å²) in [5.74, 6) is -0.111. The molecule has 0 aliphatic carbocycles. The van der Waals surface area contributed by atoms with Crippen LogP contribution in [0.1, 0.15) is 16.1 Å². The van der Waals surface area contributed by atoms with Gasteiger partial charge in [-0.3, -0.25) is 10.1 Å². The summed E-state index contributed by atoms with van der Waals surface area (Å²) in [6.45, 7) is 1.75. The van der Waals surface area contributed by atoms with Crippen LogP contribution in [0.4, 0.5) is 5.95 Å². The number of rotatable bonds is 3. The van der Waals surface area contributed by atoms with Crippen molar-refractivity contribution in [2.24, 2.45) is 0 Å². The van der Waals surface area contributed by atoms with E-state index in [1.165, 1.54) is 13.2 Å². The first kappa shape index (κ1) is 14.4. The lowest BCUT2D eigenvalue weighted by atomic mass is 10.3. The van der Waals surface area contributed by atoms with E-state index in [4.69, 9.17) is 27.9 Å². The van der Waals surface area contributed by atoms with Crippen LogP contribution in [-0.4, -0.2) is 33.2 Å². The van der Waals surface area contributed by atoms with Gasteiger partial charge in [-0.15, -0.1) is 10.2 Å². The van der Waals surface area contributed by atoms with Crippen molar-refractivity contribution in [3.05, 3.63) is 33.7 Å². The van der Waals surface area contributed by atoms with Gasteiger partial charge in [-0.1, -0.05) is 23.2 Å². The molecule has 0 aliphatic heterocycles. The molecule has 0 aromatic carbocycles. The molecule has 9 heteroatoms. The lowest BCUT2D eigenvalue weighted by Crippen LogP contribution is -2.16. The highest BCUT2D eigenvalue weighted by Gasteiger charge is 2.15. The van der Waals surface area contributed by atoms with E-state index in [0.29, 0.717) is 11.6 Å². The molecule has 7 nitrogen and oxygen atoms in total. The van der Waals surface area contributed by atoms with Crippen molar-refractivity contribution < 1.29 is 9.53 Å². The topological polar surface area (TPSA) is 89.9 Å². The summed E-state index contributed by atoms with van der Waals surface area (Å²) in [7, 11) is 1.47. The third-order valence-corrected chi connectivity index (χ3v) is 2.69. The minimum absolute atomic E-state index is 0.0577. The molecule has 20 heavy (non-hydrogen) atoms. The van der Waals surface area contributed by atoms with E-state index < -0.39 is 5.91 Å². The molecule has 2 rings (SSSR count). The molecular weight excluding hydrogens is 305 g/mol. The lowest BCUT2D eigenvalue weighted by molar-refractivity contribution is 0.102. The van der Waals surface area contributed by atoms with Crippen molar-refractivity contribution in [2.45, 2.75) is 6.92 Å². The van der Waals surface area contributed by atoms with Crippen LogP contribution in [0, 0.1) is 6.92 Å². The number of hydrogen-bond donors (Lipinski definition) is 1. The molecule has 0 saturated carbocycles. The molecule has 0 atom stereocenters. The fraction of sp³-hybridized carbons (Fsp3) is 0.182. The predicted octanol–water partition coefficient (Wildman–Crippen LogP) is 2.14. The number of ether oxygens (including phenoxy) is 1. The maximum atomic E-state index is 12.1. The highest BCUT2D eigenvalue weighted by molar-refractivity contribution is 6.34. The molecule has 2 aromatic rings. The number of halogens is 2. The summed E-state index contributed by atoms with van der Waals surface area (Å²) in [6.07, 6.45) is 0. The van der Waals surface area contributed by atoms with E-state index in [2.05, 4.69) is 25.5 Å². The van der Waals surface area contributed by atoms with E-state index >= 15 is 0 Å². The number of anilines is 1. The van der Waals surface area contributed by atoms with Crippen molar-refractivity contribution in [3.63, 3.8) is 0 Å². The second kappa shape index (κ2) is 5.98. The summed E-state index contributed by atoms with van der Waals surface area (Å²) in [5.41, 5.74) is 0.722.